The van der Waals surface area contributed by atoms with Crippen molar-refractivity contribution in [1.29, 1.82) is 0 Å². The van der Waals surface area contributed by atoms with Gasteiger partial charge >= 0.3 is 0 Å². The van der Waals surface area contributed by atoms with Crippen molar-refractivity contribution in [1.82, 2.24) is 20.4 Å². The zero-order chi connectivity index (χ0) is 18.6. The number of ether oxygens (including phenoxy) is 1. The Morgan fingerprint density at radius 2 is 2.26 bits per heavy atom. The summed E-state index contributed by atoms with van der Waals surface area (Å²) >= 11 is 1.49. The van der Waals surface area contributed by atoms with Crippen LogP contribution in [0.4, 0.5) is 0 Å². The highest BCUT2D eigenvalue weighted by Gasteiger charge is 2.17. The Balaban J connectivity index is 1.41. The van der Waals surface area contributed by atoms with Crippen LogP contribution in [0.1, 0.15) is 34.2 Å². The van der Waals surface area contributed by atoms with Crippen molar-refractivity contribution < 1.29 is 14.1 Å². The fourth-order valence-corrected chi connectivity index (χ4v) is 3.28. The zero-order valence-corrected chi connectivity index (χ0v) is 15.3. The van der Waals surface area contributed by atoms with Crippen molar-refractivity contribution in [3.8, 4) is 5.75 Å². The molecular weight excluding hydrogens is 364 g/mol. The maximum atomic E-state index is 12.3. The molecule has 4 rings (SSSR count). The molecule has 0 bridgehead atoms. The summed E-state index contributed by atoms with van der Waals surface area (Å²) in [5, 5.41) is 11.3. The van der Waals surface area contributed by atoms with Gasteiger partial charge in [-0.3, -0.25) is 9.78 Å². The molecule has 0 spiro atoms. The average molecular weight is 380 g/mol. The van der Waals surface area contributed by atoms with E-state index in [0.717, 1.165) is 21.5 Å². The quantitative estimate of drug-likeness (QED) is 0.548. The van der Waals surface area contributed by atoms with Crippen LogP contribution in [-0.4, -0.2) is 21.0 Å². The lowest BCUT2D eigenvalue weighted by Gasteiger charge is -2.09. The second-order valence-electron chi connectivity index (χ2n) is 5.89. The van der Waals surface area contributed by atoms with E-state index in [2.05, 4.69) is 20.4 Å². The minimum absolute atomic E-state index is 0.170. The third-order valence-electron chi connectivity index (χ3n) is 3.97. The number of hydrogen-bond donors (Lipinski definition) is 1. The fraction of sp³-hybridized carbons (Fsp3) is 0.158. The van der Waals surface area contributed by atoms with E-state index in [-0.39, 0.29) is 24.2 Å². The number of carbonyl (C=O) groups excluding carboxylic acids is 1. The summed E-state index contributed by atoms with van der Waals surface area (Å²) < 4.78 is 11.1. The predicted molar refractivity (Wildman–Crippen MR) is 101 cm³/mol. The fourth-order valence-electron chi connectivity index (χ4n) is 2.64. The lowest BCUT2D eigenvalue weighted by atomic mass is 10.1. The van der Waals surface area contributed by atoms with E-state index in [0.29, 0.717) is 5.76 Å². The summed E-state index contributed by atoms with van der Waals surface area (Å²) in [6.07, 6.45) is 5.20. The topological polar surface area (TPSA) is 90.1 Å². The second kappa shape index (κ2) is 7.55. The third kappa shape index (κ3) is 3.80. The first kappa shape index (κ1) is 17.2. The minimum Gasteiger partial charge on any atom is -0.485 e. The van der Waals surface area contributed by atoms with Crippen molar-refractivity contribution in [2.24, 2.45) is 0 Å². The molecule has 136 valence electrons. The van der Waals surface area contributed by atoms with Crippen molar-refractivity contribution in [3.05, 3.63) is 70.8 Å². The summed E-state index contributed by atoms with van der Waals surface area (Å²) in [6, 6.07) is 9.02. The molecule has 27 heavy (non-hydrogen) atoms. The van der Waals surface area contributed by atoms with Gasteiger partial charge in [0.25, 0.3) is 5.91 Å². The van der Waals surface area contributed by atoms with Crippen LogP contribution in [-0.2, 0) is 6.61 Å². The molecule has 3 aromatic heterocycles. The number of hydrogen-bond acceptors (Lipinski definition) is 7. The maximum Gasteiger partial charge on any atom is 0.274 e. The molecule has 1 amide bonds. The highest BCUT2D eigenvalue weighted by Crippen LogP contribution is 2.25. The zero-order valence-electron chi connectivity index (χ0n) is 14.5. The van der Waals surface area contributed by atoms with Gasteiger partial charge in [0, 0.05) is 40.8 Å². The number of nitrogens with zero attached hydrogens (tertiary/aromatic N) is 3. The van der Waals surface area contributed by atoms with Gasteiger partial charge in [-0.2, -0.15) is 0 Å². The first-order chi connectivity index (χ1) is 13.2. The molecule has 0 aliphatic heterocycles. The molecule has 3 heterocycles. The summed E-state index contributed by atoms with van der Waals surface area (Å²) in [4.78, 5) is 20.6. The number of benzene rings is 1. The first-order valence-electron chi connectivity index (χ1n) is 8.32. The summed E-state index contributed by atoms with van der Waals surface area (Å²) in [6.45, 7) is 2.04. The molecule has 4 aromatic rings. The average Bonchev–Trinajstić information content (AvgIpc) is 3.38. The standard InChI is InChI=1S/C19H16N4O3S/c1-12(19-21-7-8-27-19)22-18(24)16-9-14(26-23-16)11-25-17-4-2-3-13-10-20-6-5-15(13)17/h2-10,12H,11H2,1H3,(H,22,24). The number of carbonyl (C=O) groups is 1. The number of fused-ring (bicyclic) bond motifs is 1. The predicted octanol–water partition coefficient (Wildman–Crippen LogP) is 3.75. The second-order valence-corrected chi connectivity index (χ2v) is 6.81. The van der Waals surface area contributed by atoms with E-state index in [1.165, 1.54) is 11.3 Å². The molecule has 8 heteroatoms. The van der Waals surface area contributed by atoms with Crippen LogP contribution >= 0.6 is 11.3 Å². The van der Waals surface area contributed by atoms with Crippen LogP contribution < -0.4 is 10.1 Å². The van der Waals surface area contributed by atoms with Crippen molar-refractivity contribution in [3.63, 3.8) is 0 Å². The van der Waals surface area contributed by atoms with E-state index in [1.807, 2.05) is 36.6 Å². The van der Waals surface area contributed by atoms with E-state index in [1.54, 1.807) is 24.7 Å². The molecule has 7 nitrogen and oxygen atoms in total. The number of amides is 1. The Morgan fingerprint density at radius 1 is 1.33 bits per heavy atom. The van der Waals surface area contributed by atoms with Crippen LogP contribution in [0.15, 0.2) is 58.8 Å². The number of nitrogens with one attached hydrogen (secondary N) is 1. The van der Waals surface area contributed by atoms with Crippen molar-refractivity contribution >= 4 is 28.0 Å². The largest absolute Gasteiger partial charge is 0.485 e. The van der Waals surface area contributed by atoms with Crippen LogP contribution in [0.3, 0.4) is 0 Å². The van der Waals surface area contributed by atoms with Gasteiger partial charge in [0.2, 0.25) is 0 Å². The van der Waals surface area contributed by atoms with Gasteiger partial charge in [-0.25, -0.2) is 4.98 Å². The molecule has 1 atom stereocenters. The normalized spacial score (nSPS) is 12.0. The molecule has 0 saturated carbocycles. The first-order valence-corrected chi connectivity index (χ1v) is 9.20. The van der Waals surface area contributed by atoms with E-state index >= 15 is 0 Å². The molecule has 0 aliphatic rings. The molecule has 1 aromatic carbocycles. The van der Waals surface area contributed by atoms with Crippen LogP contribution in [0.25, 0.3) is 10.8 Å². The van der Waals surface area contributed by atoms with E-state index in [9.17, 15) is 4.79 Å². The molecule has 0 fully saturated rings. The molecule has 0 radical (unpaired) electrons. The van der Waals surface area contributed by atoms with Crippen molar-refractivity contribution in [2.45, 2.75) is 19.6 Å². The maximum absolute atomic E-state index is 12.3. The number of rotatable bonds is 6. The van der Waals surface area contributed by atoms with Gasteiger partial charge in [0.1, 0.15) is 17.4 Å². The SMILES string of the molecule is CC(NC(=O)c1cc(COc2cccc3cnccc23)on1)c1nccs1. The van der Waals surface area contributed by atoms with E-state index in [4.69, 9.17) is 9.26 Å². The Labute approximate surface area is 159 Å². The Bertz CT molecular complexity index is 1060. The lowest BCUT2D eigenvalue weighted by molar-refractivity contribution is 0.0930. The van der Waals surface area contributed by atoms with Gasteiger partial charge in [-0.1, -0.05) is 17.3 Å². The molecular formula is C19H16N4O3S. The number of thiazole rings is 1. The highest BCUT2D eigenvalue weighted by atomic mass is 32.1. The monoisotopic (exact) mass is 380 g/mol. The molecule has 0 saturated heterocycles. The van der Waals surface area contributed by atoms with Crippen LogP contribution in [0.2, 0.25) is 0 Å². The van der Waals surface area contributed by atoms with Gasteiger partial charge < -0.3 is 14.6 Å². The van der Waals surface area contributed by atoms with Gasteiger partial charge in [0.05, 0.1) is 6.04 Å². The Morgan fingerprint density at radius 3 is 3.11 bits per heavy atom. The summed E-state index contributed by atoms with van der Waals surface area (Å²) in [7, 11) is 0. The van der Waals surface area contributed by atoms with Crippen LogP contribution in [0, 0.1) is 0 Å². The third-order valence-corrected chi connectivity index (χ3v) is 4.93. The summed E-state index contributed by atoms with van der Waals surface area (Å²) in [5.41, 5.74) is 0.208. The number of aromatic nitrogens is 3. The van der Waals surface area contributed by atoms with Crippen LogP contribution in [0.5, 0.6) is 5.75 Å². The number of pyridine rings is 1. The Hall–Kier alpha value is -3.26. The lowest BCUT2D eigenvalue weighted by Crippen LogP contribution is -2.26. The Kier molecular flexibility index (Phi) is 4.80. The minimum atomic E-state index is -0.316. The molecule has 0 aliphatic carbocycles. The van der Waals surface area contributed by atoms with Gasteiger partial charge in [-0.15, -0.1) is 11.3 Å². The smallest absolute Gasteiger partial charge is 0.274 e. The van der Waals surface area contributed by atoms with Gasteiger partial charge in [0.15, 0.2) is 11.5 Å². The molecule has 1 N–H and O–H groups in total. The van der Waals surface area contributed by atoms with E-state index < -0.39 is 0 Å². The van der Waals surface area contributed by atoms with Gasteiger partial charge in [-0.05, 0) is 19.1 Å². The molecule has 1 unspecified atom stereocenters. The highest BCUT2D eigenvalue weighted by molar-refractivity contribution is 7.09. The summed E-state index contributed by atoms with van der Waals surface area (Å²) in [5.74, 6) is 0.867. The van der Waals surface area contributed by atoms with Crippen molar-refractivity contribution in [2.75, 3.05) is 0 Å².